The Balaban J connectivity index is 2.65. The second-order valence-corrected chi connectivity index (χ2v) is 3.43. The minimum atomic E-state index is -2.17. The quantitative estimate of drug-likeness (QED) is 0.453. The summed E-state index contributed by atoms with van der Waals surface area (Å²) in [4.78, 5) is 10.6. The van der Waals surface area contributed by atoms with Crippen molar-refractivity contribution in [2.75, 3.05) is 6.54 Å². The van der Waals surface area contributed by atoms with Crippen LogP contribution in [0.25, 0.3) is 0 Å². The van der Waals surface area contributed by atoms with E-state index in [1.165, 1.54) is 0 Å². The molecule has 0 aromatic carbocycles. The zero-order valence-corrected chi connectivity index (χ0v) is 7.72. The SMILES string of the molecule is NCC[C@H]1OC(O)(C(=O)O)CC[C@H]1O. The van der Waals surface area contributed by atoms with Crippen molar-refractivity contribution in [3.63, 3.8) is 0 Å². The predicted octanol–water partition coefficient (Wildman–Crippen LogP) is -1.35. The fourth-order valence-corrected chi connectivity index (χ4v) is 1.49. The number of ether oxygens (including phenoxy) is 1. The van der Waals surface area contributed by atoms with Crippen molar-refractivity contribution in [1.29, 1.82) is 0 Å². The van der Waals surface area contributed by atoms with Crippen LogP contribution in [0.5, 0.6) is 0 Å². The Morgan fingerprint density at radius 2 is 2.29 bits per heavy atom. The minimum absolute atomic E-state index is 0.107. The lowest BCUT2D eigenvalue weighted by atomic mass is 9.97. The molecule has 1 saturated heterocycles. The summed E-state index contributed by atoms with van der Waals surface area (Å²) in [5, 5.41) is 27.6. The molecule has 0 aromatic rings. The molecule has 0 amide bonds. The molecule has 3 atom stereocenters. The highest BCUT2D eigenvalue weighted by atomic mass is 16.7. The third kappa shape index (κ3) is 2.21. The Hall–Kier alpha value is -0.690. The van der Waals surface area contributed by atoms with Gasteiger partial charge in [0.2, 0.25) is 0 Å². The number of hydrogen-bond donors (Lipinski definition) is 4. The van der Waals surface area contributed by atoms with Crippen LogP contribution >= 0.6 is 0 Å². The third-order valence-corrected chi connectivity index (χ3v) is 2.34. The van der Waals surface area contributed by atoms with Crippen molar-refractivity contribution in [3.8, 4) is 0 Å². The molecular formula is C8H15NO5. The van der Waals surface area contributed by atoms with E-state index in [-0.39, 0.29) is 19.4 Å². The monoisotopic (exact) mass is 205 g/mol. The number of aliphatic carboxylic acids is 1. The van der Waals surface area contributed by atoms with Crippen molar-refractivity contribution in [2.24, 2.45) is 5.73 Å². The molecule has 0 aromatic heterocycles. The molecule has 6 heteroatoms. The number of aliphatic hydroxyl groups excluding tert-OH is 1. The van der Waals surface area contributed by atoms with Gasteiger partial charge in [-0.15, -0.1) is 0 Å². The van der Waals surface area contributed by atoms with Crippen molar-refractivity contribution in [2.45, 2.75) is 37.3 Å². The predicted molar refractivity (Wildman–Crippen MR) is 46.4 cm³/mol. The molecule has 14 heavy (non-hydrogen) atoms. The number of aliphatic hydroxyl groups is 2. The van der Waals surface area contributed by atoms with Gasteiger partial charge in [0.15, 0.2) is 0 Å². The number of hydrogen-bond acceptors (Lipinski definition) is 5. The first-order valence-electron chi connectivity index (χ1n) is 4.51. The van der Waals surface area contributed by atoms with Crippen LogP contribution in [0.3, 0.4) is 0 Å². The van der Waals surface area contributed by atoms with Crippen LogP contribution in [0.1, 0.15) is 19.3 Å². The fourth-order valence-electron chi connectivity index (χ4n) is 1.49. The molecule has 0 bridgehead atoms. The van der Waals surface area contributed by atoms with E-state index in [2.05, 4.69) is 0 Å². The summed E-state index contributed by atoms with van der Waals surface area (Å²) in [6.45, 7) is 0.275. The summed E-state index contributed by atoms with van der Waals surface area (Å²) in [6.07, 6.45) is -1.03. The lowest BCUT2D eigenvalue weighted by Crippen LogP contribution is -2.52. The highest BCUT2D eigenvalue weighted by molar-refractivity contribution is 5.75. The maximum Gasteiger partial charge on any atom is 0.364 e. The fraction of sp³-hybridized carbons (Fsp3) is 0.875. The van der Waals surface area contributed by atoms with Gasteiger partial charge in [-0.25, -0.2) is 4.79 Å². The summed E-state index contributed by atoms with van der Waals surface area (Å²) >= 11 is 0. The van der Waals surface area contributed by atoms with Crippen LogP contribution in [-0.2, 0) is 9.53 Å². The van der Waals surface area contributed by atoms with Crippen LogP contribution in [0.4, 0.5) is 0 Å². The van der Waals surface area contributed by atoms with E-state index in [4.69, 9.17) is 15.6 Å². The first-order valence-corrected chi connectivity index (χ1v) is 4.51. The Morgan fingerprint density at radius 3 is 2.79 bits per heavy atom. The maximum absolute atomic E-state index is 10.6. The molecule has 1 aliphatic heterocycles. The highest BCUT2D eigenvalue weighted by Gasteiger charge is 2.45. The largest absolute Gasteiger partial charge is 0.477 e. The van der Waals surface area contributed by atoms with Crippen molar-refractivity contribution >= 4 is 5.97 Å². The van der Waals surface area contributed by atoms with E-state index in [1.807, 2.05) is 0 Å². The maximum atomic E-state index is 10.6. The van der Waals surface area contributed by atoms with Crippen LogP contribution in [0.2, 0.25) is 0 Å². The number of carbonyl (C=O) groups is 1. The summed E-state index contributed by atoms with van der Waals surface area (Å²) < 4.78 is 4.91. The third-order valence-electron chi connectivity index (χ3n) is 2.34. The van der Waals surface area contributed by atoms with Gasteiger partial charge >= 0.3 is 5.97 Å². The van der Waals surface area contributed by atoms with Crippen molar-refractivity contribution in [3.05, 3.63) is 0 Å². The van der Waals surface area contributed by atoms with E-state index >= 15 is 0 Å². The summed E-state index contributed by atoms with van der Waals surface area (Å²) in [5.41, 5.74) is 5.27. The molecule has 0 radical (unpaired) electrons. The van der Waals surface area contributed by atoms with Gasteiger partial charge in [0, 0.05) is 6.42 Å². The molecule has 6 nitrogen and oxygen atoms in total. The summed E-state index contributed by atoms with van der Waals surface area (Å²) in [7, 11) is 0. The van der Waals surface area contributed by atoms with Crippen LogP contribution in [0, 0.1) is 0 Å². The van der Waals surface area contributed by atoms with Crippen molar-refractivity contribution in [1.82, 2.24) is 0 Å². The van der Waals surface area contributed by atoms with Crippen LogP contribution in [-0.4, -0.2) is 45.8 Å². The normalized spacial score (nSPS) is 38.2. The van der Waals surface area contributed by atoms with Gasteiger partial charge < -0.3 is 25.8 Å². The van der Waals surface area contributed by atoms with Gasteiger partial charge in [-0.1, -0.05) is 0 Å². The molecule has 0 aliphatic carbocycles. The first kappa shape index (κ1) is 11.4. The topological polar surface area (TPSA) is 113 Å². The lowest BCUT2D eigenvalue weighted by Gasteiger charge is -2.36. The molecule has 1 unspecified atom stereocenters. The first-order chi connectivity index (χ1) is 6.49. The Kier molecular flexibility index (Phi) is 3.43. The molecular weight excluding hydrogens is 190 g/mol. The Bertz CT molecular complexity index is 222. The average Bonchev–Trinajstić information content (AvgIpc) is 2.12. The molecule has 0 spiro atoms. The van der Waals surface area contributed by atoms with Gasteiger partial charge in [0.05, 0.1) is 12.2 Å². The van der Waals surface area contributed by atoms with Gasteiger partial charge in [-0.05, 0) is 19.4 Å². The van der Waals surface area contributed by atoms with E-state index in [0.717, 1.165) is 0 Å². The van der Waals surface area contributed by atoms with Gasteiger partial charge in [0.1, 0.15) is 0 Å². The molecule has 0 saturated carbocycles. The molecule has 82 valence electrons. The van der Waals surface area contributed by atoms with Gasteiger partial charge in [-0.3, -0.25) is 0 Å². The molecule has 1 fully saturated rings. The van der Waals surface area contributed by atoms with Gasteiger partial charge in [0.25, 0.3) is 5.79 Å². The Morgan fingerprint density at radius 1 is 1.64 bits per heavy atom. The van der Waals surface area contributed by atoms with E-state index in [1.54, 1.807) is 0 Å². The molecule has 5 N–H and O–H groups in total. The number of carboxylic acids is 1. The number of rotatable bonds is 3. The lowest BCUT2D eigenvalue weighted by molar-refractivity contribution is -0.274. The zero-order chi connectivity index (χ0) is 10.8. The van der Waals surface area contributed by atoms with Crippen molar-refractivity contribution < 1.29 is 24.9 Å². The van der Waals surface area contributed by atoms with E-state index in [0.29, 0.717) is 6.42 Å². The second-order valence-electron chi connectivity index (χ2n) is 3.43. The molecule has 1 heterocycles. The Labute approximate surface area is 81.3 Å². The van der Waals surface area contributed by atoms with Crippen LogP contribution < -0.4 is 5.73 Å². The number of carboxylic acid groups (broad SMARTS) is 1. The second kappa shape index (κ2) is 4.22. The van der Waals surface area contributed by atoms with E-state index < -0.39 is 24.0 Å². The average molecular weight is 205 g/mol. The van der Waals surface area contributed by atoms with E-state index in [9.17, 15) is 15.0 Å². The summed E-state index contributed by atoms with van der Waals surface area (Å²) in [5.74, 6) is -3.59. The smallest absolute Gasteiger partial charge is 0.364 e. The molecule has 1 rings (SSSR count). The number of nitrogens with two attached hydrogens (primary N) is 1. The van der Waals surface area contributed by atoms with Crippen LogP contribution in [0.15, 0.2) is 0 Å². The molecule has 1 aliphatic rings. The summed E-state index contributed by atoms with van der Waals surface area (Å²) in [6, 6.07) is 0. The zero-order valence-electron chi connectivity index (χ0n) is 7.72. The highest BCUT2D eigenvalue weighted by Crippen LogP contribution is 2.28. The van der Waals surface area contributed by atoms with Gasteiger partial charge in [-0.2, -0.15) is 0 Å². The standard InChI is InChI=1S/C8H15NO5/c9-4-2-6-5(10)1-3-8(13,14-6)7(11)12/h5-6,10,13H,1-4,9H2,(H,11,12)/t5-,6-,8?/m1/s1. The minimum Gasteiger partial charge on any atom is -0.477 e.